The lowest BCUT2D eigenvalue weighted by Crippen LogP contribution is -2.30. The van der Waals surface area contributed by atoms with Gasteiger partial charge in [0, 0.05) is 5.39 Å². The van der Waals surface area contributed by atoms with Crippen molar-refractivity contribution in [2.75, 3.05) is 0 Å². The topological polar surface area (TPSA) is 83.5 Å². The molecule has 7 heteroatoms. The van der Waals surface area contributed by atoms with E-state index in [1.165, 1.54) is 17.1 Å². The fourth-order valence-electron chi connectivity index (χ4n) is 2.73. The second kappa shape index (κ2) is 4.91. The van der Waals surface area contributed by atoms with Crippen molar-refractivity contribution in [1.82, 2.24) is 19.7 Å². The molecule has 0 unspecified atom stereocenters. The number of aromatic amines is 2. The Morgan fingerprint density at radius 2 is 1.87 bits per heavy atom. The molecule has 0 aliphatic carbocycles. The molecule has 0 amide bonds. The average Bonchev–Trinajstić information content (AvgIpc) is 3.05. The Balaban J connectivity index is 1.92. The average molecular weight is 310 g/mol. The van der Waals surface area contributed by atoms with Crippen molar-refractivity contribution >= 4 is 21.8 Å². The van der Waals surface area contributed by atoms with E-state index in [2.05, 4.69) is 15.1 Å². The minimum atomic E-state index is -0.452. The van der Waals surface area contributed by atoms with E-state index in [4.69, 9.17) is 0 Å². The van der Waals surface area contributed by atoms with Crippen LogP contribution in [-0.4, -0.2) is 19.7 Å². The van der Waals surface area contributed by atoms with Crippen LogP contribution in [0.2, 0.25) is 0 Å². The maximum atomic E-state index is 13.9. The molecule has 0 saturated heterocycles. The van der Waals surface area contributed by atoms with E-state index in [1.807, 2.05) is 0 Å². The Labute approximate surface area is 128 Å². The number of hydrogen-bond donors (Lipinski definition) is 2. The fraction of sp³-hybridized carbons (Fsp3) is 0.0625. The summed E-state index contributed by atoms with van der Waals surface area (Å²) in [4.78, 5) is 30.9. The van der Waals surface area contributed by atoms with Crippen LogP contribution < -0.4 is 11.1 Å². The van der Waals surface area contributed by atoms with Crippen LogP contribution in [0.1, 0.15) is 5.56 Å². The summed E-state index contributed by atoms with van der Waals surface area (Å²) in [6, 6.07) is 9.98. The summed E-state index contributed by atoms with van der Waals surface area (Å²) in [5, 5.41) is 3.68. The van der Waals surface area contributed by atoms with Gasteiger partial charge in [0.2, 0.25) is 0 Å². The predicted molar refractivity (Wildman–Crippen MR) is 84.0 cm³/mol. The first-order valence-electron chi connectivity index (χ1n) is 6.97. The molecule has 0 atom stereocenters. The SMILES string of the molecule is O=c1[nH]n(Cc2ccc(F)c3ccccc23)c(=O)c2[nH]cnc12. The number of benzene rings is 2. The molecule has 0 bridgehead atoms. The highest BCUT2D eigenvalue weighted by Crippen LogP contribution is 2.22. The van der Waals surface area contributed by atoms with Crippen LogP contribution in [0.4, 0.5) is 4.39 Å². The van der Waals surface area contributed by atoms with Gasteiger partial charge in [-0.05, 0) is 17.0 Å². The molecular weight excluding hydrogens is 299 g/mol. The second-order valence-corrected chi connectivity index (χ2v) is 5.21. The van der Waals surface area contributed by atoms with Crippen LogP contribution in [0.5, 0.6) is 0 Å². The number of aromatic nitrogens is 4. The normalized spacial score (nSPS) is 11.3. The highest BCUT2D eigenvalue weighted by Gasteiger charge is 2.11. The van der Waals surface area contributed by atoms with Crippen molar-refractivity contribution in [2.24, 2.45) is 0 Å². The smallest absolute Gasteiger partial charge is 0.291 e. The van der Waals surface area contributed by atoms with E-state index in [0.717, 1.165) is 5.56 Å². The molecule has 0 fully saturated rings. The third-order valence-corrected chi connectivity index (χ3v) is 3.84. The number of rotatable bonds is 2. The maximum Gasteiger partial charge on any atom is 0.291 e. The van der Waals surface area contributed by atoms with E-state index in [0.29, 0.717) is 10.8 Å². The predicted octanol–water partition coefficient (Wildman–Crippen LogP) is 1.75. The molecule has 2 aromatic carbocycles. The number of halogens is 1. The number of hydrogen-bond acceptors (Lipinski definition) is 3. The molecule has 0 aliphatic heterocycles. The molecule has 114 valence electrons. The highest BCUT2D eigenvalue weighted by molar-refractivity contribution is 5.86. The quantitative estimate of drug-likeness (QED) is 0.591. The van der Waals surface area contributed by atoms with Crippen molar-refractivity contribution in [3.05, 3.63) is 74.8 Å². The summed E-state index contributed by atoms with van der Waals surface area (Å²) in [6.45, 7) is 0.129. The largest absolute Gasteiger partial charge is 0.340 e. The minimum absolute atomic E-state index is 0.0789. The zero-order valence-corrected chi connectivity index (χ0v) is 11.8. The van der Waals surface area contributed by atoms with Crippen LogP contribution in [-0.2, 0) is 6.54 Å². The molecule has 2 aromatic heterocycles. The van der Waals surface area contributed by atoms with Crippen LogP contribution >= 0.6 is 0 Å². The lowest BCUT2D eigenvalue weighted by Gasteiger charge is -2.09. The van der Waals surface area contributed by atoms with Gasteiger partial charge in [0.1, 0.15) is 11.3 Å². The number of H-pyrrole nitrogens is 2. The monoisotopic (exact) mass is 310 g/mol. The highest BCUT2D eigenvalue weighted by atomic mass is 19.1. The van der Waals surface area contributed by atoms with Crippen LogP contribution in [0.25, 0.3) is 21.8 Å². The standard InChI is InChI=1S/C16H11FN4O2/c17-12-6-5-9(10-3-1-2-4-11(10)12)7-21-16(23)14-13(15(22)20-21)18-8-19-14/h1-6,8H,7H2,(H,18,19)(H,20,22). The number of imidazole rings is 1. The number of nitrogens with one attached hydrogen (secondary N) is 2. The van der Waals surface area contributed by atoms with E-state index in [1.54, 1.807) is 30.3 Å². The van der Waals surface area contributed by atoms with Gasteiger partial charge in [0.25, 0.3) is 11.1 Å². The van der Waals surface area contributed by atoms with Gasteiger partial charge in [0.15, 0.2) is 5.52 Å². The minimum Gasteiger partial charge on any atom is -0.340 e. The van der Waals surface area contributed by atoms with Gasteiger partial charge in [-0.3, -0.25) is 14.7 Å². The molecular formula is C16H11FN4O2. The van der Waals surface area contributed by atoms with Crippen molar-refractivity contribution in [1.29, 1.82) is 0 Å². The van der Waals surface area contributed by atoms with Gasteiger partial charge in [-0.25, -0.2) is 14.1 Å². The van der Waals surface area contributed by atoms with Gasteiger partial charge in [-0.2, -0.15) is 0 Å². The molecule has 0 aliphatic rings. The number of nitrogens with zero attached hydrogens (tertiary/aromatic N) is 2. The molecule has 0 spiro atoms. The molecule has 0 radical (unpaired) electrons. The van der Waals surface area contributed by atoms with Crippen LogP contribution in [0.15, 0.2) is 52.3 Å². The first kappa shape index (κ1) is 13.4. The lowest BCUT2D eigenvalue weighted by molar-refractivity contribution is 0.628. The van der Waals surface area contributed by atoms with Gasteiger partial charge in [0.05, 0.1) is 12.9 Å². The Bertz CT molecular complexity index is 1160. The molecule has 23 heavy (non-hydrogen) atoms. The van der Waals surface area contributed by atoms with Gasteiger partial charge in [-0.15, -0.1) is 0 Å². The Morgan fingerprint density at radius 1 is 1.09 bits per heavy atom. The number of fused-ring (bicyclic) bond motifs is 2. The van der Waals surface area contributed by atoms with E-state index in [-0.39, 0.29) is 29.0 Å². The van der Waals surface area contributed by atoms with Crippen molar-refractivity contribution < 1.29 is 4.39 Å². The molecule has 2 heterocycles. The second-order valence-electron chi connectivity index (χ2n) is 5.21. The van der Waals surface area contributed by atoms with Crippen molar-refractivity contribution in [2.45, 2.75) is 6.54 Å². The van der Waals surface area contributed by atoms with Crippen LogP contribution in [0, 0.1) is 5.82 Å². The third-order valence-electron chi connectivity index (χ3n) is 3.84. The van der Waals surface area contributed by atoms with E-state index >= 15 is 0 Å². The Morgan fingerprint density at radius 3 is 2.70 bits per heavy atom. The summed E-state index contributed by atoms with van der Waals surface area (Å²) in [5.41, 5.74) is 0.131. The summed E-state index contributed by atoms with van der Waals surface area (Å²) in [6.07, 6.45) is 1.30. The first-order chi connectivity index (χ1) is 11.1. The van der Waals surface area contributed by atoms with E-state index in [9.17, 15) is 14.0 Å². The molecule has 2 N–H and O–H groups in total. The first-order valence-corrected chi connectivity index (χ1v) is 6.97. The molecule has 4 rings (SSSR count). The molecule has 0 saturated carbocycles. The summed E-state index contributed by atoms with van der Waals surface area (Å²) in [5.74, 6) is -0.325. The molecule has 6 nitrogen and oxygen atoms in total. The van der Waals surface area contributed by atoms with Crippen molar-refractivity contribution in [3.8, 4) is 0 Å². The van der Waals surface area contributed by atoms with Crippen LogP contribution in [0.3, 0.4) is 0 Å². The summed E-state index contributed by atoms with van der Waals surface area (Å²) in [7, 11) is 0. The van der Waals surface area contributed by atoms with Crippen molar-refractivity contribution in [3.63, 3.8) is 0 Å². The zero-order valence-electron chi connectivity index (χ0n) is 11.8. The van der Waals surface area contributed by atoms with Gasteiger partial charge in [-0.1, -0.05) is 30.3 Å². The van der Waals surface area contributed by atoms with Gasteiger partial charge >= 0.3 is 0 Å². The Hall–Kier alpha value is -3.22. The molecule has 4 aromatic rings. The lowest BCUT2D eigenvalue weighted by atomic mass is 10.0. The fourth-order valence-corrected chi connectivity index (χ4v) is 2.73. The van der Waals surface area contributed by atoms with E-state index < -0.39 is 5.56 Å². The summed E-state index contributed by atoms with van der Waals surface area (Å²) < 4.78 is 15.1. The van der Waals surface area contributed by atoms with Gasteiger partial charge < -0.3 is 4.98 Å². The Kier molecular flexibility index (Phi) is 2.87. The maximum absolute atomic E-state index is 13.9. The summed E-state index contributed by atoms with van der Waals surface area (Å²) >= 11 is 0. The zero-order chi connectivity index (χ0) is 16.0. The third kappa shape index (κ3) is 2.05.